The van der Waals surface area contributed by atoms with E-state index in [1.54, 1.807) is 60.7 Å². The standard InChI is InChI=1S/C25H23N3O6S/c1-16-8-10-21(11-9-16)35(30,31)28-27-25-22(12-17-6-4-5-7-23(17)34-25)24(29)26-18-13-19(32-2)15-20(14-18)33-3/h4-15,28H,1-3H3,(H,26,29)/b27-25-. The Labute approximate surface area is 202 Å². The molecule has 0 atom stereocenters. The number of nitrogens with zero attached hydrogens (tertiary/aromatic N) is 1. The van der Waals surface area contributed by atoms with Gasteiger partial charge in [0.15, 0.2) is 0 Å². The third kappa shape index (κ3) is 5.44. The van der Waals surface area contributed by atoms with Gasteiger partial charge in [-0.15, -0.1) is 5.10 Å². The smallest absolute Gasteiger partial charge is 0.276 e. The third-order valence-corrected chi connectivity index (χ3v) is 6.33. The molecule has 0 aliphatic heterocycles. The molecular weight excluding hydrogens is 470 g/mol. The monoisotopic (exact) mass is 493 g/mol. The number of nitrogens with one attached hydrogen (secondary N) is 2. The fourth-order valence-electron chi connectivity index (χ4n) is 3.26. The highest BCUT2D eigenvalue weighted by molar-refractivity contribution is 7.89. The molecule has 10 heteroatoms. The summed E-state index contributed by atoms with van der Waals surface area (Å²) in [5.74, 6) is 0.403. The molecule has 1 heterocycles. The molecule has 0 unspecified atom stereocenters. The van der Waals surface area contributed by atoms with E-state index in [0.29, 0.717) is 28.2 Å². The fourth-order valence-corrected chi connectivity index (χ4v) is 4.07. The zero-order chi connectivity index (χ0) is 25.0. The van der Waals surface area contributed by atoms with Crippen LogP contribution in [-0.2, 0) is 10.0 Å². The zero-order valence-corrected chi connectivity index (χ0v) is 20.0. The van der Waals surface area contributed by atoms with E-state index < -0.39 is 15.9 Å². The molecule has 0 radical (unpaired) electrons. The van der Waals surface area contributed by atoms with E-state index in [9.17, 15) is 13.2 Å². The van der Waals surface area contributed by atoms with Gasteiger partial charge in [0.1, 0.15) is 22.6 Å². The summed E-state index contributed by atoms with van der Waals surface area (Å²) in [6.07, 6.45) is 0. The van der Waals surface area contributed by atoms with E-state index in [1.165, 1.54) is 26.4 Å². The first-order valence-corrected chi connectivity index (χ1v) is 12.0. The van der Waals surface area contributed by atoms with Gasteiger partial charge in [-0.3, -0.25) is 4.79 Å². The van der Waals surface area contributed by atoms with E-state index >= 15 is 0 Å². The van der Waals surface area contributed by atoms with Crippen LogP contribution in [0, 0.1) is 6.92 Å². The molecular formula is C25H23N3O6S. The number of methoxy groups -OCH3 is 2. The minimum Gasteiger partial charge on any atom is -0.497 e. The third-order valence-electron chi connectivity index (χ3n) is 5.11. The lowest BCUT2D eigenvalue weighted by molar-refractivity contribution is 0.102. The molecule has 1 aromatic heterocycles. The normalized spacial score (nSPS) is 11.8. The van der Waals surface area contributed by atoms with Crippen molar-refractivity contribution in [3.63, 3.8) is 0 Å². The molecule has 0 saturated heterocycles. The molecule has 1 amide bonds. The molecule has 0 bridgehead atoms. The van der Waals surface area contributed by atoms with Gasteiger partial charge in [-0.05, 0) is 31.2 Å². The number of carbonyl (C=O) groups excluding carboxylic acids is 1. The van der Waals surface area contributed by atoms with Crippen molar-refractivity contribution in [2.45, 2.75) is 11.8 Å². The van der Waals surface area contributed by atoms with Gasteiger partial charge >= 0.3 is 0 Å². The largest absolute Gasteiger partial charge is 0.497 e. The van der Waals surface area contributed by atoms with Gasteiger partial charge in [-0.25, -0.2) is 0 Å². The van der Waals surface area contributed by atoms with E-state index in [1.807, 2.05) is 6.92 Å². The maximum Gasteiger partial charge on any atom is 0.276 e. The lowest BCUT2D eigenvalue weighted by Crippen LogP contribution is -2.27. The molecule has 180 valence electrons. The van der Waals surface area contributed by atoms with Crippen LogP contribution < -0.4 is 25.2 Å². The summed E-state index contributed by atoms with van der Waals surface area (Å²) in [6, 6.07) is 19.8. The number of para-hydroxylation sites is 1. The molecule has 0 saturated carbocycles. The highest BCUT2D eigenvalue weighted by Crippen LogP contribution is 2.26. The molecule has 4 aromatic rings. The number of anilines is 1. The van der Waals surface area contributed by atoms with E-state index in [2.05, 4.69) is 15.2 Å². The predicted octanol–water partition coefficient (Wildman–Crippen LogP) is 3.80. The van der Waals surface area contributed by atoms with Gasteiger partial charge < -0.3 is 19.2 Å². The molecule has 4 rings (SSSR count). The fraction of sp³-hybridized carbons (Fsp3) is 0.120. The number of benzene rings is 3. The Hall–Kier alpha value is -4.31. The van der Waals surface area contributed by atoms with E-state index in [0.717, 1.165) is 5.56 Å². The van der Waals surface area contributed by atoms with Crippen LogP contribution in [0.2, 0.25) is 0 Å². The summed E-state index contributed by atoms with van der Waals surface area (Å²) in [4.78, 5) is 15.4. The van der Waals surface area contributed by atoms with Gasteiger partial charge in [-0.1, -0.05) is 35.9 Å². The number of rotatable bonds is 7. The lowest BCUT2D eigenvalue weighted by atomic mass is 10.1. The number of sulfonamides is 1. The molecule has 9 nitrogen and oxygen atoms in total. The first-order chi connectivity index (χ1) is 16.8. The minimum atomic E-state index is -3.99. The van der Waals surface area contributed by atoms with Crippen molar-refractivity contribution in [3.8, 4) is 11.5 Å². The van der Waals surface area contributed by atoms with Crippen LogP contribution in [0.4, 0.5) is 5.69 Å². The van der Waals surface area contributed by atoms with Crippen molar-refractivity contribution in [2.75, 3.05) is 19.5 Å². The zero-order valence-electron chi connectivity index (χ0n) is 19.2. The van der Waals surface area contributed by atoms with Crippen molar-refractivity contribution in [1.29, 1.82) is 0 Å². The van der Waals surface area contributed by atoms with Crippen molar-refractivity contribution in [1.82, 2.24) is 4.83 Å². The van der Waals surface area contributed by atoms with Gasteiger partial charge in [0.2, 0.25) is 5.55 Å². The Morgan fingerprint density at radius 2 is 1.57 bits per heavy atom. The summed E-state index contributed by atoms with van der Waals surface area (Å²) in [5.41, 5.74) is 1.58. The van der Waals surface area contributed by atoms with Crippen molar-refractivity contribution in [2.24, 2.45) is 5.10 Å². The number of fused-ring (bicyclic) bond motifs is 1. The molecule has 0 spiro atoms. The van der Waals surface area contributed by atoms with Gasteiger partial charge in [0.25, 0.3) is 15.9 Å². The Kier molecular flexibility index (Phi) is 6.74. The lowest BCUT2D eigenvalue weighted by Gasteiger charge is -2.10. The number of aryl methyl sites for hydroxylation is 1. The average Bonchev–Trinajstić information content (AvgIpc) is 2.86. The second kappa shape index (κ2) is 9.90. The molecule has 2 N–H and O–H groups in total. The summed E-state index contributed by atoms with van der Waals surface area (Å²) in [5, 5.41) is 7.33. The Morgan fingerprint density at radius 3 is 2.23 bits per heavy atom. The van der Waals surface area contributed by atoms with Crippen LogP contribution in [0.15, 0.2) is 87.2 Å². The minimum absolute atomic E-state index is 0.0251. The average molecular weight is 494 g/mol. The summed E-state index contributed by atoms with van der Waals surface area (Å²) in [6.45, 7) is 1.85. The highest BCUT2D eigenvalue weighted by atomic mass is 32.2. The van der Waals surface area contributed by atoms with Gasteiger partial charge in [0.05, 0.1) is 19.1 Å². The number of hydrogen-bond donors (Lipinski definition) is 2. The van der Waals surface area contributed by atoms with E-state index in [-0.39, 0.29) is 16.0 Å². The maximum absolute atomic E-state index is 13.2. The quantitative estimate of drug-likeness (QED) is 0.378. The van der Waals surface area contributed by atoms with Crippen LogP contribution in [0.25, 0.3) is 11.0 Å². The first-order valence-electron chi connectivity index (χ1n) is 10.5. The Morgan fingerprint density at radius 1 is 0.914 bits per heavy atom. The Bertz CT molecular complexity index is 1540. The van der Waals surface area contributed by atoms with Crippen molar-refractivity contribution >= 4 is 32.6 Å². The highest BCUT2D eigenvalue weighted by Gasteiger charge is 2.17. The van der Waals surface area contributed by atoms with Crippen LogP contribution in [0.5, 0.6) is 11.5 Å². The Balaban J connectivity index is 1.75. The number of ether oxygens (including phenoxy) is 2. The topological polar surface area (TPSA) is 119 Å². The number of hydrogen-bond acceptors (Lipinski definition) is 7. The van der Waals surface area contributed by atoms with Crippen LogP contribution >= 0.6 is 0 Å². The number of carbonyl (C=O) groups is 1. The molecule has 3 aromatic carbocycles. The van der Waals surface area contributed by atoms with Gasteiger partial charge in [-0.2, -0.15) is 13.2 Å². The second-order valence-electron chi connectivity index (χ2n) is 7.58. The van der Waals surface area contributed by atoms with Crippen LogP contribution in [0.1, 0.15) is 15.9 Å². The molecule has 0 aliphatic rings. The molecule has 0 aliphatic carbocycles. The SMILES string of the molecule is COc1cc(NC(=O)c2cc3ccccc3o/c2=N\NS(=O)(=O)c2ccc(C)cc2)cc(OC)c1. The number of amides is 1. The molecule has 35 heavy (non-hydrogen) atoms. The summed E-state index contributed by atoms with van der Waals surface area (Å²) < 4.78 is 41.7. The van der Waals surface area contributed by atoms with Crippen molar-refractivity contribution in [3.05, 3.63) is 89.5 Å². The first kappa shape index (κ1) is 23.8. The van der Waals surface area contributed by atoms with E-state index in [4.69, 9.17) is 13.9 Å². The second-order valence-corrected chi connectivity index (χ2v) is 9.24. The molecule has 0 fully saturated rings. The summed E-state index contributed by atoms with van der Waals surface area (Å²) in [7, 11) is -0.990. The maximum atomic E-state index is 13.2. The summed E-state index contributed by atoms with van der Waals surface area (Å²) >= 11 is 0. The van der Waals surface area contributed by atoms with Crippen molar-refractivity contribution < 1.29 is 27.1 Å². The van der Waals surface area contributed by atoms with Crippen LogP contribution in [0.3, 0.4) is 0 Å². The van der Waals surface area contributed by atoms with Crippen LogP contribution in [-0.4, -0.2) is 28.5 Å². The van der Waals surface area contributed by atoms with Gasteiger partial charge in [0, 0.05) is 29.3 Å². The predicted molar refractivity (Wildman–Crippen MR) is 131 cm³/mol.